The van der Waals surface area contributed by atoms with Crippen LogP contribution in [0.25, 0.3) is 0 Å². The van der Waals surface area contributed by atoms with E-state index in [0.29, 0.717) is 48.1 Å². The van der Waals surface area contributed by atoms with Crippen LogP contribution in [0.5, 0.6) is 0 Å². The van der Waals surface area contributed by atoms with Crippen molar-refractivity contribution in [1.29, 1.82) is 0 Å². The number of aryl methyl sites for hydroxylation is 1. The molecule has 0 radical (unpaired) electrons. The van der Waals surface area contributed by atoms with Crippen LogP contribution < -0.4 is 5.32 Å². The molecule has 3 fully saturated rings. The zero-order valence-corrected chi connectivity index (χ0v) is 23.8. The first kappa shape index (κ1) is 28.9. The normalized spacial score (nSPS) is 23.7. The van der Waals surface area contributed by atoms with Crippen LogP contribution in [0.4, 0.5) is 9.18 Å². The fourth-order valence-corrected chi connectivity index (χ4v) is 6.79. The molecule has 3 heterocycles. The molecule has 0 saturated carbocycles. The van der Waals surface area contributed by atoms with E-state index in [4.69, 9.17) is 23.2 Å². The largest absolute Gasteiger partial charge is 0.338 e. The highest BCUT2D eigenvalue weighted by Gasteiger charge is 2.41. The van der Waals surface area contributed by atoms with E-state index in [1.165, 1.54) is 6.07 Å². The second-order valence-electron chi connectivity index (χ2n) is 10.4. The SMILES string of the molecule is Cc1cc(F)ccc1[C@H]1C[C@H](N2CCN3C(=O)CC[C@@H]3C2)CCN1C(=O)NCCc1cc(Cl)cc(Cl)c1.Cl. The number of piperidine rings is 1. The van der Waals surface area contributed by atoms with Gasteiger partial charge in [0.1, 0.15) is 5.82 Å². The number of piperazine rings is 1. The van der Waals surface area contributed by atoms with Crippen molar-refractivity contribution in [3.8, 4) is 0 Å². The van der Waals surface area contributed by atoms with E-state index in [1.54, 1.807) is 12.1 Å². The van der Waals surface area contributed by atoms with Crippen LogP contribution in [0.3, 0.4) is 0 Å². The number of rotatable bonds is 5. The van der Waals surface area contributed by atoms with E-state index >= 15 is 0 Å². The monoisotopic (exact) mass is 582 g/mol. The van der Waals surface area contributed by atoms with Crippen molar-refractivity contribution in [3.05, 3.63) is 69.0 Å². The molecule has 3 saturated heterocycles. The highest BCUT2D eigenvalue weighted by Crippen LogP contribution is 2.36. The molecule has 0 aromatic heterocycles. The summed E-state index contributed by atoms with van der Waals surface area (Å²) in [7, 11) is 0. The summed E-state index contributed by atoms with van der Waals surface area (Å²) in [4.78, 5) is 32.0. The average Bonchev–Trinajstić information content (AvgIpc) is 3.23. The molecule has 3 aliphatic rings. The van der Waals surface area contributed by atoms with Gasteiger partial charge in [-0.3, -0.25) is 9.69 Å². The Bertz CT molecular complexity index is 1160. The minimum absolute atomic E-state index is 0. The number of carbonyl (C=O) groups is 2. The standard InChI is InChI=1S/C28H33Cl2FN4O2.ClH/c1-18-12-22(31)2-4-25(18)26-16-23(33-10-11-34-24(17-33)3-5-27(34)36)7-9-35(26)28(37)32-8-6-19-13-20(29)15-21(30)14-19;/h2,4,12-15,23-24,26H,3,5-11,16-17H2,1H3,(H,32,37);1H/t23-,24-,26-;/m1./s1. The van der Waals surface area contributed by atoms with Gasteiger partial charge in [0.25, 0.3) is 0 Å². The van der Waals surface area contributed by atoms with E-state index < -0.39 is 0 Å². The van der Waals surface area contributed by atoms with Gasteiger partial charge in [-0.1, -0.05) is 29.3 Å². The van der Waals surface area contributed by atoms with Gasteiger partial charge in [-0.15, -0.1) is 12.4 Å². The van der Waals surface area contributed by atoms with E-state index in [2.05, 4.69) is 10.2 Å². The van der Waals surface area contributed by atoms with Gasteiger partial charge >= 0.3 is 6.03 Å². The lowest BCUT2D eigenvalue weighted by Crippen LogP contribution is -2.57. The molecule has 2 aromatic carbocycles. The lowest BCUT2D eigenvalue weighted by atomic mass is 9.88. The van der Waals surface area contributed by atoms with Gasteiger partial charge in [-0.2, -0.15) is 0 Å². The number of nitrogens with zero attached hydrogens (tertiary/aromatic N) is 3. The van der Waals surface area contributed by atoms with Crippen molar-refractivity contribution in [2.24, 2.45) is 0 Å². The molecule has 38 heavy (non-hydrogen) atoms. The van der Waals surface area contributed by atoms with Gasteiger partial charge in [0.2, 0.25) is 5.91 Å². The summed E-state index contributed by atoms with van der Waals surface area (Å²) < 4.78 is 13.9. The molecule has 0 bridgehead atoms. The first-order chi connectivity index (χ1) is 17.8. The highest BCUT2D eigenvalue weighted by atomic mass is 35.5. The second kappa shape index (κ2) is 12.4. The van der Waals surface area contributed by atoms with Crippen molar-refractivity contribution in [2.75, 3.05) is 32.7 Å². The zero-order chi connectivity index (χ0) is 26.1. The molecule has 206 valence electrons. The van der Waals surface area contributed by atoms with Crippen LogP contribution >= 0.6 is 35.6 Å². The predicted molar refractivity (Wildman–Crippen MR) is 151 cm³/mol. The van der Waals surface area contributed by atoms with E-state index in [1.807, 2.05) is 34.9 Å². The third kappa shape index (κ3) is 6.39. The van der Waals surface area contributed by atoms with Crippen LogP contribution in [-0.2, 0) is 11.2 Å². The summed E-state index contributed by atoms with van der Waals surface area (Å²) in [5.41, 5.74) is 2.80. The lowest BCUT2D eigenvalue weighted by Gasteiger charge is -2.47. The van der Waals surface area contributed by atoms with Crippen LogP contribution in [0.2, 0.25) is 10.0 Å². The maximum Gasteiger partial charge on any atom is 0.317 e. The summed E-state index contributed by atoms with van der Waals surface area (Å²) in [5.74, 6) is 0.00261. The van der Waals surface area contributed by atoms with Gasteiger partial charge in [0, 0.05) is 61.3 Å². The van der Waals surface area contributed by atoms with E-state index in [0.717, 1.165) is 55.6 Å². The fourth-order valence-electron chi connectivity index (χ4n) is 6.22. The van der Waals surface area contributed by atoms with Crippen LogP contribution in [-0.4, -0.2) is 71.4 Å². The molecule has 3 atom stereocenters. The van der Waals surface area contributed by atoms with Crippen molar-refractivity contribution in [2.45, 2.75) is 57.2 Å². The Labute approximate surface area is 239 Å². The number of amides is 3. The number of hydrogen-bond acceptors (Lipinski definition) is 3. The molecule has 3 amide bonds. The molecule has 0 unspecified atom stereocenters. The van der Waals surface area contributed by atoms with Crippen LogP contribution in [0.15, 0.2) is 36.4 Å². The van der Waals surface area contributed by atoms with Gasteiger partial charge in [-0.25, -0.2) is 9.18 Å². The van der Waals surface area contributed by atoms with Gasteiger partial charge in [0.05, 0.1) is 6.04 Å². The molecule has 1 N–H and O–H groups in total. The number of urea groups is 1. The number of nitrogens with one attached hydrogen (secondary N) is 1. The number of carbonyl (C=O) groups excluding carboxylic acids is 2. The summed E-state index contributed by atoms with van der Waals surface area (Å²) in [5, 5.41) is 4.22. The Morgan fingerprint density at radius 1 is 1.05 bits per heavy atom. The van der Waals surface area contributed by atoms with Crippen molar-refractivity contribution < 1.29 is 14.0 Å². The maximum atomic E-state index is 13.9. The predicted octanol–water partition coefficient (Wildman–Crippen LogP) is 5.63. The third-order valence-corrected chi connectivity index (χ3v) is 8.52. The molecular weight excluding hydrogens is 550 g/mol. The van der Waals surface area contributed by atoms with Gasteiger partial charge in [-0.05, 0) is 79.6 Å². The maximum absolute atomic E-state index is 13.9. The lowest BCUT2D eigenvalue weighted by molar-refractivity contribution is -0.131. The molecule has 0 aliphatic carbocycles. The summed E-state index contributed by atoms with van der Waals surface area (Å²) in [6.45, 7) is 5.51. The van der Waals surface area contributed by atoms with E-state index in [9.17, 15) is 14.0 Å². The highest BCUT2D eigenvalue weighted by molar-refractivity contribution is 6.34. The number of likely N-dealkylation sites (tertiary alicyclic amines) is 1. The summed E-state index contributed by atoms with van der Waals surface area (Å²) in [6.07, 6.45) is 3.84. The number of halogens is 4. The second-order valence-corrected chi connectivity index (χ2v) is 11.3. The Balaban J connectivity index is 0.00000336. The zero-order valence-electron chi connectivity index (χ0n) is 21.5. The van der Waals surface area contributed by atoms with Crippen molar-refractivity contribution in [1.82, 2.24) is 20.0 Å². The molecule has 5 rings (SSSR count). The Kier molecular flexibility index (Phi) is 9.45. The minimum atomic E-state index is -0.271. The first-order valence-electron chi connectivity index (χ1n) is 13.1. The molecule has 2 aromatic rings. The topological polar surface area (TPSA) is 55.9 Å². The minimum Gasteiger partial charge on any atom is -0.338 e. The Morgan fingerprint density at radius 2 is 1.82 bits per heavy atom. The summed E-state index contributed by atoms with van der Waals surface area (Å²) >= 11 is 12.2. The summed E-state index contributed by atoms with van der Waals surface area (Å²) in [6, 6.07) is 10.6. The molecule has 3 aliphatic heterocycles. The number of hydrogen-bond donors (Lipinski definition) is 1. The van der Waals surface area contributed by atoms with Crippen LogP contribution in [0, 0.1) is 12.7 Å². The molecule has 10 heteroatoms. The smallest absolute Gasteiger partial charge is 0.317 e. The number of fused-ring (bicyclic) bond motifs is 1. The Morgan fingerprint density at radius 3 is 2.55 bits per heavy atom. The fraction of sp³-hybridized carbons (Fsp3) is 0.500. The van der Waals surface area contributed by atoms with Crippen molar-refractivity contribution >= 4 is 47.5 Å². The van der Waals surface area contributed by atoms with E-state index in [-0.39, 0.29) is 36.2 Å². The first-order valence-corrected chi connectivity index (χ1v) is 13.8. The van der Waals surface area contributed by atoms with Crippen molar-refractivity contribution in [3.63, 3.8) is 0 Å². The third-order valence-electron chi connectivity index (χ3n) is 8.08. The average molecular weight is 584 g/mol. The van der Waals surface area contributed by atoms with Gasteiger partial charge < -0.3 is 15.1 Å². The number of benzene rings is 2. The molecule has 6 nitrogen and oxygen atoms in total. The van der Waals surface area contributed by atoms with Gasteiger partial charge in [0.15, 0.2) is 0 Å². The Hall–Kier alpha value is -2.06. The quantitative estimate of drug-likeness (QED) is 0.497. The molecular formula is C28H34Cl3FN4O2. The molecule has 0 spiro atoms. The van der Waals surface area contributed by atoms with Crippen LogP contribution in [0.1, 0.15) is 48.4 Å².